The highest BCUT2D eigenvalue weighted by molar-refractivity contribution is 6.43. The number of rotatable bonds is 1. The average molecular weight is 242 g/mol. The third kappa shape index (κ3) is 1.80. The second-order valence-electron chi connectivity index (χ2n) is 3.21. The smallest absolute Gasteiger partial charge is 0.117 e. The van der Waals surface area contributed by atoms with Crippen LogP contribution in [0.15, 0.2) is 24.4 Å². The number of aryl methyl sites for hydroxylation is 1. The van der Waals surface area contributed by atoms with Gasteiger partial charge in [-0.1, -0.05) is 35.3 Å². The molecule has 0 aliphatic rings. The van der Waals surface area contributed by atoms with Crippen LogP contribution in [0.3, 0.4) is 0 Å². The van der Waals surface area contributed by atoms with Gasteiger partial charge in [-0.2, -0.15) is 5.10 Å². The van der Waals surface area contributed by atoms with Crippen LogP contribution in [-0.2, 0) is 7.05 Å². The van der Waals surface area contributed by atoms with Crippen LogP contribution < -0.4 is 5.73 Å². The molecule has 2 aromatic rings. The van der Waals surface area contributed by atoms with Crippen LogP contribution in [0.1, 0.15) is 0 Å². The Bertz CT molecular complexity index is 505. The largest absolute Gasteiger partial charge is 0.396 e. The van der Waals surface area contributed by atoms with Gasteiger partial charge in [0.1, 0.15) is 5.69 Å². The van der Waals surface area contributed by atoms with Gasteiger partial charge in [0.05, 0.1) is 15.7 Å². The number of hydrogen-bond donors (Lipinski definition) is 1. The third-order valence-electron chi connectivity index (χ3n) is 2.06. The van der Waals surface area contributed by atoms with Gasteiger partial charge < -0.3 is 5.73 Å². The molecule has 0 unspecified atom stereocenters. The maximum absolute atomic E-state index is 6.07. The Morgan fingerprint density at radius 3 is 2.67 bits per heavy atom. The van der Waals surface area contributed by atoms with Gasteiger partial charge in [-0.25, -0.2) is 0 Å². The van der Waals surface area contributed by atoms with Crippen LogP contribution in [0.5, 0.6) is 0 Å². The van der Waals surface area contributed by atoms with Crippen LogP contribution in [0.25, 0.3) is 11.3 Å². The number of benzene rings is 1. The second kappa shape index (κ2) is 3.76. The minimum atomic E-state index is 0.476. The van der Waals surface area contributed by atoms with Crippen molar-refractivity contribution in [2.24, 2.45) is 7.05 Å². The van der Waals surface area contributed by atoms with E-state index >= 15 is 0 Å². The van der Waals surface area contributed by atoms with Crippen LogP contribution in [-0.4, -0.2) is 9.78 Å². The van der Waals surface area contributed by atoms with E-state index in [1.165, 1.54) is 0 Å². The summed E-state index contributed by atoms with van der Waals surface area (Å²) < 4.78 is 1.64. The van der Waals surface area contributed by atoms with Gasteiger partial charge in [-0.3, -0.25) is 4.68 Å². The van der Waals surface area contributed by atoms with Gasteiger partial charge >= 0.3 is 0 Å². The summed E-state index contributed by atoms with van der Waals surface area (Å²) >= 11 is 12.0. The predicted octanol–water partition coefficient (Wildman–Crippen LogP) is 2.98. The lowest BCUT2D eigenvalue weighted by Crippen LogP contribution is -1.89. The molecule has 15 heavy (non-hydrogen) atoms. The van der Waals surface area contributed by atoms with E-state index in [1.807, 2.05) is 12.1 Å². The van der Waals surface area contributed by atoms with E-state index in [1.54, 1.807) is 24.0 Å². The first-order valence-corrected chi connectivity index (χ1v) is 5.08. The Morgan fingerprint density at radius 2 is 2.07 bits per heavy atom. The molecule has 5 heteroatoms. The summed E-state index contributed by atoms with van der Waals surface area (Å²) in [6.07, 6.45) is 1.73. The van der Waals surface area contributed by atoms with E-state index in [-0.39, 0.29) is 0 Å². The van der Waals surface area contributed by atoms with Crippen molar-refractivity contribution in [3.8, 4) is 11.3 Å². The van der Waals surface area contributed by atoms with E-state index in [4.69, 9.17) is 28.9 Å². The maximum atomic E-state index is 6.07. The molecule has 1 aromatic heterocycles. The number of anilines is 1. The number of hydrogen-bond acceptors (Lipinski definition) is 2. The van der Waals surface area contributed by atoms with Gasteiger partial charge in [0.15, 0.2) is 0 Å². The highest BCUT2D eigenvalue weighted by Gasteiger charge is 2.12. The normalized spacial score (nSPS) is 10.6. The zero-order valence-electron chi connectivity index (χ0n) is 8.04. The van der Waals surface area contributed by atoms with Crippen molar-refractivity contribution in [2.75, 3.05) is 5.73 Å². The highest BCUT2D eigenvalue weighted by Crippen LogP contribution is 2.34. The molecular formula is C10H9Cl2N3. The molecule has 0 amide bonds. The molecular weight excluding hydrogens is 233 g/mol. The molecule has 1 aromatic carbocycles. The van der Waals surface area contributed by atoms with Crippen molar-refractivity contribution in [2.45, 2.75) is 0 Å². The molecule has 3 nitrogen and oxygen atoms in total. The lowest BCUT2D eigenvalue weighted by Gasteiger charge is -2.03. The van der Waals surface area contributed by atoms with Crippen molar-refractivity contribution in [1.82, 2.24) is 9.78 Å². The minimum absolute atomic E-state index is 0.476. The summed E-state index contributed by atoms with van der Waals surface area (Å²) in [5.74, 6) is 0. The second-order valence-corrected chi connectivity index (χ2v) is 3.99. The standard InChI is InChI=1S/C10H9Cl2N3/c1-15-5-8(13)10(14-15)6-3-2-4-7(11)9(6)12/h2-5H,13H2,1H3. The Kier molecular flexibility index (Phi) is 2.59. The quantitative estimate of drug-likeness (QED) is 0.835. The zero-order valence-corrected chi connectivity index (χ0v) is 9.55. The molecule has 1 heterocycles. The Balaban J connectivity index is 2.64. The molecule has 0 saturated heterocycles. The molecule has 0 bridgehead atoms. The summed E-state index contributed by atoms with van der Waals surface area (Å²) in [7, 11) is 1.80. The fraction of sp³-hybridized carbons (Fsp3) is 0.100. The third-order valence-corrected chi connectivity index (χ3v) is 2.88. The van der Waals surface area contributed by atoms with Gasteiger partial charge in [0.2, 0.25) is 0 Å². The summed E-state index contributed by atoms with van der Waals surface area (Å²) in [5, 5.41) is 5.21. The summed E-state index contributed by atoms with van der Waals surface area (Å²) in [6.45, 7) is 0. The van der Waals surface area contributed by atoms with Crippen LogP contribution in [0.2, 0.25) is 10.0 Å². The monoisotopic (exact) mass is 241 g/mol. The zero-order chi connectivity index (χ0) is 11.0. The lowest BCUT2D eigenvalue weighted by molar-refractivity contribution is 0.771. The first kappa shape index (κ1) is 10.3. The molecule has 0 aliphatic heterocycles. The molecule has 0 spiro atoms. The number of nitrogens with two attached hydrogens (primary N) is 1. The maximum Gasteiger partial charge on any atom is 0.117 e. The molecule has 0 fully saturated rings. The number of nitrogen functional groups attached to an aromatic ring is 1. The number of nitrogens with zero attached hydrogens (tertiary/aromatic N) is 2. The van der Waals surface area contributed by atoms with Crippen molar-refractivity contribution in [1.29, 1.82) is 0 Å². The topological polar surface area (TPSA) is 43.8 Å². The van der Waals surface area contributed by atoms with Crippen LogP contribution in [0, 0.1) is 0 Å². The average Bonchev–Trinajstić information content (AvgIpc) is 2.50. The van der Waals surface area contributed by atoms with Crippen molar-refractivity contribution >= 4 is 28.9 Å². The van der Waals surface area contributed by atoms with E-state index in [0.717, 1.165) is 5.56 Å². The van der Waals surface area contributed by atoms with Gasteiger partial charge in [0, 0.05) is 18.8 Å². The van der Waals surface area contributed by atoms with E-state index < -0.39 is 0 Å². The van der Waals surface area contributed by atoms with E-state index in [2.05, 4.69) is 5.10 Å². The molecule has 0 saturated carbocycles. The SMILES string of the molecule is Cn1cc(N)c(-c2cccc(Cl)c2Cl)n1. The van der Waals surface area contributed by atoms with Crippen molar-refractivity contribution in [3.05, 3.63) is 34.4 Å². The van der Waals surface area contributed by atoms with Gasteiger partial charge in [-0.15, -0.1) is 0 Å². The molecule has 0 radical (unpaired) electrons. The number of aromatic nitrogens is 2. The fourth-order valence-corrected chi connectivity index (χ4v) is 1.79. The van der Waals surface area contributed by atoms with Crippen molar-refractivity contribution < 1.29 is 0 Å². The Hall–Kier alpha value is -1.19. The lowest BCUT2D eigenvalue weighted by atomic mass is 10.1. The van der Waals surface area contributed by atoms with Gasteiger partial charge in [-0.05, 0) is 6.07 Å². The minimum Gasteiger partial charge on any atom is -0.396 e. The predicted molar refractivity (Wildman–Crippen MR) is 63.1 cm³/mol. The van der Waals surface area contributed by atoms with Crippen LogP contribution >= 0.6 is 23.2 Å². The molecule has 0 aliphatic carbocycles. The molecule has 78 valence electrons. The number of halogens is 2. The molecule has 2 rings (SSSR count). The van der Waals surface area contributed by atoms with Crippen LogP contribution in [0.4, 0.5) is 5.69 Å². The first-order valence-electron chi connectivity index (χ1n) is 4.33. The highest BCUT2D eigenvalue weighted by atomic mass is 35.5. The summed E-state index contributed by atoms with van der Waals surface area (Å²) in [5.41, 5.74) is 7.80. The van der Waals surface area contributed by atoms with E-state index in [0.29, 0.717) is 21.4 Å². The van der Waals surface area contributed by atoms with E-state index in [9.17, 15) is 0 Å². The Labute approximate surface area is 97.4 Å². The van der Waals surface area contributed by atoms with Crippen molar-refractivity contribution in [3.63, 3.8) is 0 Å². The van der Waals surface area contributed by atoms with Gasteiger partial charge in [0.25, 0.3) is 0 Å². The molecule has 0 atom stereocenters. The fourth-order valence-electron chi connectivity index (χ4n) is 1.40. The summed E-state index contributed by atoms with van der Waals surface area (Å²) in [6, 6.07) is 5.39. The molecule has 2 N–H and O–H groups in total. The summed E-state index contributed by atoms with van der Waals surface area (Å²) in [4.78, 5) is 0. The Morgan fingerprint density at radius 1 is 1.33 bits per heavy atom. The first-order chi connectivity index (χ1) is 7.09.